The van der Waals surface area contributed by atoms with Gasteiger partial charge < -0.3 is 14.8 Å². The summed E-state index contributed by atoms with van der Waals surface area (Å²) in [5, 5.41) is 7.14. The lowest BCUT2D eigenvalue weighted by Gasteiger charge is -2.34. The van der Waals surface area contributed by atoms with Gasteiger partial charge in [0.05, 0.1) is 30.6 Å². The van der Waals surface area contributed by atoms with Gasteiger partial charge in [0.2, 0.25) is 0 Å². The van der Waals surface area contributed by atoms with Crippen LogP contribution >= 0.6 is 0 Å². The first kappa shape index (κ1) is 22.4. The molecule has 1 aliphatic rings. The van der Waals surface area contributed by atoms with Crippen molar-refractivity contribution in [1.82, 2.24) is 24.6 Å². The maximum atomic E-state index is 14.2. The Hall–Kier alpha value is -3.24. The average molecular weight is 434 g/mol. The van der Waals surface area contributed by atoms with Crippen LogP contribution in [0.2, 0.25) is 0 Å². The molecular weight excluding hydrogens is 407 g/mol. The van der Waals surface area contributed by atoms with Crippen LogP contribution in [0.3, 0.4) is 0 Å². The summed E-state index contributed by atoms with van der Waals surface area (Å²) in [5.74, 6) is -0.205. The molecule has 1 amide bonds. The molecule has 2 aromatic heterocycles. The van der Waals surface area contributed by atoms with E-state index in [-0.39, 0.29) is 24.8 Å². The Morgan fingerprint density at radius 3 is 2.55 bits per heavy atom. The zero-order valence-electron chi connectivity index (χ0n) is 18.7. The maximum absolute atomic E-state index is 14.2. The van der Waals surface area contributed by atoms with E-state index >= 15 is 0 Å². The Morgan fingerprint density at radius 2 is 1.94 bits per heavy atom. The van der Waals surface area contributed by atoms with E-state index in [0.29, 0.717) is 17.1 Å². The highest BCUT2D eigenvalue weighted by molar-refractivity contribution is 5.77. The van der Waals surface area contributed by atoms with Gasteiger partial charge in [-0.2, -0.15) is 4.68 Å². The number of carbonyl (C=O) groups is 2. The van der Waals surface area contributed by atoms with E-state index < -0.39 is 29.1 Å². The van der Waals surface area contributed by atoms with Crippen LogP contribution in [0, 0.1) is 12.7 Å². The number of amides is 1. The van der Waals surface area contributed by atoms with Gasteiger partial charge in [-0.05, 0) is 48.5 Å². The first-order chi connectivity index (χ1) is 14.3. The highest BCUT2D eigenvalue weighted by atomic mass is 19.1. The third kappa shape index (κ3) is 4.30. The van der Waals surface area contributed by atoms with Crippen LogP contribution in [0.1, 0.15) is 58.6 Å². The van der Waals surface area contributed by atoms with Gasteiger partial charge in [-0.25, -0.2) is 23.9 Å². The molecular formula is C20H27FN6O4. The molecule has 168 valence electrons. The van der Waals surface area contributed by atoms with E-state index in [2.05, 4.69) is 20.4 Å². The maximum Gasteiger partial charge on any atom is 0.435 e. The van der Waals surface area contributed by atoms with E-state index in [1.807, 2.05) is 0 Å². The van der Waals surface area contributed by atoms with Crippen molar-refractivity contribution < 1.29 is 23.5 Å². The first-order valence-corrected chi connectivity index (χ1v) is 9.91. The Morgan fingerprint density at radius 1 is 1.26 bits per heavy atom. The smallest absolute Gasteiger partial charge is 0.435 e. The minimum atomic E-state index is -0.947. The number of nitrogens with one attached hydrogen (secondary N) is 1. The molecule has 31 heavy (non-hydrogen) atoms. The highest BCUT2D eigenvalue weighted by Gasteiger charge is 2.48. The van der Waals surface area contributed by atoms with Crippen molar-refractivity contribution in [1.29, 1.82) is 0 Å². The van der Waals surface area contributed by atoms with Gasteiger partial charge in [-0.15, -0.1) is 5.10 Å². The molecule has 0 fully saturated rings. The Kier molecular flexibility index (Phi) is 5.64. The van der Waals surface area contributed by atoms with Crippen molar-refractivity contribution in [3.63, 3.8) is 0 Å². The van der Waals surface area contributed by atoms with Crippen LogP contribution < -0.4 is 5.32 Å². The molecule has 0 saturated heterocycles. The average Bonchev–Trinajstić information content (AvgIpc) is 3.13. The number of aromatic nitrogens is 4. The number of halogens is 1. The normalized spacial score (nSPS) is 14.9. The molecule has 3 rings (SSSR count). The lowest BCUT2D eigenvalue weighted by Crippen LogP contribution is -2.44. The van der Waals surface area contributed by atoms with E-state index in [1.54, 1.807) is 48.5 Å². The number of fused-ring (bicyclic) bond motifs is 1. The topological polar surface area (TPSA) is 111 Å². The molecule has 0 radical (unpaired) electrons. The quantitative estimate of drug-likeness (QED) is 0.775. The zero-order chi connectivity index (χ0) is 23.1. The van der Waals surface area contributed by atoms with Crippen molar-refractivity contribution in [2.45, 2.75) is 66.2 Å². The second-order valence-corrected chi connectivity index (χ2v) is 8.65. The van der Waals surface area contributed by atoms with Crippen LogP contribution in [0.5, 0.6) is 0 Å². The number of carbonyl (C=O) groups excluding carboxylic acids is 2. The Bertz CT molecular complexity index is 1030. The van der Waals surface area contributed by atoms with Gasteiger partial charge in [-0.1, -0.05) is 0 Å². The monoisotopic (exact) mass is 434 g/mol. The first-order valence-electron chi connectivity index (χ1n) is 9.91. The van der Waals surface area contributed by atoms with Crippen LogP contribution in [-0.4, -0.2) is 49.0 Å². The molecule has 0 bridgehead atoms. The number of hydrogen-bond donors (Lipinski definition) is 1. The molecule has 0 saturated carbocycles. The summed E-state index contributed by atoms with van der Waals surface area (Å²) in [4.78, 5) is 34.8. The molecule has 3 heterocycles. The van der Waals surface area contributed by atoms with E-state index in [4.69, 9.17) is 9.47 Å². The van der Waals surface area contributed by atoms with E-state index in [0.717, 1.165) is 10.9 Å². The molecule has 2 aromatic rings. The minimum Gasteiger partial charge on any atom is -0.448 e. The van der Waals surface area contributed by atoms with Gasteiger partial charge in [0, 0.05) is 5.56 Å². The largest absolute Gasteiger partial charge is 0.448 e. The zero-order valence-corrected chi connectivity index (χ0v) is 18.7. The van der Waals surface area contributed by atoms with Crippen molar-refractivity contribution >= 4 is 23.8 Å². The lowest BCUT2D eigenvalue weighted by atomic mass is 10.0. The SMILES string of the molecule is CCOC(=O)n1nc(Nc2nc(C)ncc2F)c2c1C(C)(C)N(C(=O)OC(C)(C)C)C2. The molecule has 0 aromatic carbocycles. The molecule has 0 atom stereocenters. The predicted molar refractivity (Wildman–Crippen MR) is 109 cm³/mol. The van der Waals surface area contributed by atoms with E-state index in [9.17, 15) is 14.0 Å². The van der Waals surface area contributed by atoms with Crippen LogP contribution in [0.4, 0.5) is 25.6 Å². The fraction of sp³-hybridized carbons (Fsp3) is 0.550. The van der Waals surface area contributed by atoms with Crippen molar-refractivity contribution in [3.05, 3.63) is 29.1 Å². The number of anilines is 2. The summed E-state index contributed by atoms with van der Waals surface area (Å²) in [6, 6.07) is 0. The van der Waals surface area contributed by atoms with Gasteiger partial charge in [0.25, 0.3) is 0 Å². The second-order valence-electron chi connectivity index (χ2n) is 8.65. The fourth-order valence-electron chi connectivity index (χ4n) is 3.39. The van der Waals surface area contributed by atoms with Gasteiger partial charge in [0.15, 0.2) is 17.5 Å². The molecule has 1 N–H and O–H groups in total. The van der Waals surface area contributed by atoms with Crippen LogP contribution in [0.25, 0.3) is 0 Å². The third-order valence-corrected chi connectivity index (χ3v) is 4.71. The van der Waals surface area contributed by atoms with Crippen LogP contribution in [0.15, 0.2) is 6.20 Å². The summed E-state index contributed by atoms with van der Waals surface area (Å²) in [6.45, 7) is 12.4. The molecule has 0 unspecified atom stereocenters. The number of ether oxygens (including phenoxy) is 2. The van der Waals surface area contributed by atoms with Gasteiger partial charge in [-0.3, -0.25) is 4.90 Å². The third-order valence-electron chi connectivity index (χ3n) is 4.71. The molecule has 0 aliphatic carbocycles. The molecule has 1 aliphatic heterocycles. The molecule has 10 nitrogen and oxygen atoms in total. The summed E-state index contributed by atoms with van der Waals surface area (Å²) in [5.41, 5.74) is -0.653. The standard InChI is InChI=1S/C20H27FN6O4/c1-8-30-18(29)27-14-12(10-26(20(14,6)7)17(28)31-19(3,4)5)15(25-27)24-16-13(21)9-22-11(2)23-16/h9H,8,10H2,1-7H3,(H,22,23,24,25). The lowest BCUT2D eigenvalue weighted by molar-refractivity contribution is 0.00387. The predicted octanol–water partition coefficient (Wildman–Crippen LogP) is 3.85. The van der Waals surface area contributed by atoms with Gasteiger partial charge in [0.1, 0.15) is 11.4 Å². The minimum absolute atomic E-state index is 0.0858. The highest BCUT2D eigenvalue weighted by Crippen LogP contribution is 2.43. The summed E-state index contributed by atoms with van der Waals surface area (Å²) < 4.78 is 26.0. The summed E-state index contributed by atoms with van der Waals surface area (Å²) >= 11 is 0. The van der Waals surface area contributed by atoms with Crippen LogP contribution in [-0.2, 0) is 21.6 Å². The second kappa shape index (κ2) is 7.78. The molecule has 0 spiro atoms. The summed E-state index contributed by atoms with van der Waals surface area (Å²) in [6.07, 6.45) is -0.200. The van der Waals surface area contributed by atoms with Crippen molar-refractivity contribution in [2.24, 2.45) is 0 Å². The Balaban J connectivity index is 2.07. The van der Waals surface area contributed by atoms with E-state index in [1.165, 1.54) is 4.90 Å². The van der Waals surface area contributed by atoms with Gasteiger partial charge >= 0.3 is 12.2 Å². The number of nitrogens with zero attached hydrogens (tertiary/aromatic N) is 5. The number of hydrogen-bond acceptors (Lipinski definition) is 8. The fourth-order valence-corrected chi connectivity index (χ4v) is 3.39. The summed E-state index contributed by atoms with van der Waals surface area (Å²) in [7, 11) is 0. The van der Waals surface area contributed by atoms with Crippen molar-refractivity contribution in [2.75, 3.05) is 11.9 Å². The van der Waals surface area contributed by atoms with Crippen molar-refractivity contribution in [3.8, 4) is 0 Å². The molecule has 11 heteroatoms. The number of rotatable bonds is 3. The number of aryl methyl sites for hydroxylation is 1. The Labute approximate surface area is 179 Å².